The van der Waals surface area contributed by atoms with E-state index in [0.717, 1.165) is 34.7 Å². The normalized spacial score (nSPS) is 11.5. The highest BCUT2D eigenvalue weighted by atomic mass is 32.2. The van der Waals surface area contributed by atoms with Crippen molar-refractivity contribution < 1.29 is 17.9 Å². The number of unbranched alkanes of at least 4 members (excludes halogenated alkanes) is 13. The number of ether oxygens (including phenoxy) is 1. The fraction of sp³-hybridized carbons (Fsp3) is 0.500. The van der Waals surface area contributed by atoms with Crippen LogP contribution < -0.4 is 16.0 Å². The van der Waals surface area contributed by atoms with E-state index in [0.29, 0.717) is 17.9 Å². The average Bonchev–Trinajstić information content (AvgIpc) is 3.27. The van der Waals surface area contributed by atoms with E-state index in [9.17, 15) is 18.0 Å². The first-order chi connectivity index (χ1) is 19.8. The summed E-state index contributed by atoms with van der Waals surface area (Å²) in [5.41, 5.74) is 5.68. The maximum atomic E-state index is 12.9. The van der Waals surface area contributed by atoms with Gasteiger partial charge in [0.1, 0.15) is 11.6 Å². The van der Waals surface area contributed by atoms with Gasteiger partial charge in [0.05, 0.1) is 16.3 Å². The molecule has 0 saturated carbocycles. The molecule has 0 unspecified atom stereocenters. The standard InChI is InChI=1S/C32H45N3O5S/c1-2-3-4-5-6-7-8-9-10-11-12-13-14-18-25-41(38,39)29-23-21-27(22-24-29)34-31(36)26-30(33)35(34)32(37)40-28-19-16-15-17-20-28/h15-17,19-24,26H,2-14,18,25,33H2,1H3. The smallest absolute Gasteiger partial charge is 0.409 e. The molecular formula is C32H45N3O5S. The van der Waals surface area contributed by atoms with Crippen LogP contribution in [0.25, 0.3) is 5.69 Å². The number of carbonyl (C=O) groups is 1. The molecule has 2 aromatic carbocycles. The minimum Gasteiger partial charge on any atom is -0.409 e. The lowest BCUT2D eigenvalue weighted by Crippen LogP contribution is -2.29. The highest BCUT2D eigenvalue weighted by Crippen LogP contribution is 2.19. The van der Waals surface area contributed by atoms with E-state index < -0.39 is 21.5 Å². The molecule has 1 aromatic heterocycles. The van der Waals surface area contributed by atoms with Crippen LogP contribution in [0.5, 0.6) is 5.75 Å². The molecule has 224 valence electrons. The second-order valence-electron chi connectivity index (χ2n) is 10.6. The minimum absolute atomic E-state index is 0.0804. The summed E-state index contributed by atoms with van der Waals surface area (Å²) in [7, 11) is -3.46. The van der Waals surface area contributed by atoms with Crippen LogP contribution in [0.3, 0.4) is 0 Å². The summed E-state index contributed by atoms with van der Waals surface area (Å²) < 4.78 is 33.1. The molecule has 3 rings (SSSR count). The molecule has 0 aliphatic carbocycles. The molecule has 1 heterocycles. The number of sulfone groups is 1. The van der Waals surface area contributed by atoms with E-state index in [1.807, 2.05) is 0 Å². The molecule has 0 fully saturated rings. The van der Waals surface area contributed by atoms with Crippen molar-refractivity contribution in [3.8, 4) is 11.4 Å². The molecule has 9 heteroatoms. The monoisotopic (exact) mass is 583 g/mol. The van der Waals surface area contributed by atoms with Gasteiger partial charge in [0, 0.05) is 6.07 Å². The van der Waals surface area contributed by atoms with Crippen molar-refractivity contribution in [2.24, 2.45) is 0 Å². The highest BCUT2D eigenvalue weighted by molar-refractivity contribution is 7.91. The molecule has 0 spiro atoms. The molecule has 0 aliphatic rings. The van der Waals surface area contributed by atoms with Gasteiger partial charge in [-0.2, -0.15) is 4.68 Å². The Labute approximate surface area is 244 Å². The summed E-state index contributed by atoms with van der Waals surface area (Å²) in [5, 5.41) is 0. The number of hydrogen-bond acceptors (Lipinski definition) is 6. The number of hydrogen-bond donors (Lipinski definition) is 1. The molecule has 8 nitrogen and oxygen atoms in total. The minimum atomic E-state index is -3.46. The number of aromatic nitrogens is 2. The molecule has 0 aliphatic heterocycles. The number of nitrogens with zero attached hydrogens (tertiary/aromatic N) is 2. The number of benzene rings is 2. The van der Waals surface area contributed by atoms with Gasteiger partial charge in [0.25, 0.3) is 5.56 Å². The Hall–Kier alpha value is -3.33. The van der Waals surface area contributed by atoms with Crippen molar-refractivity contribution in [1.82, 2.24) is 9.36 Å². The first kappa shape index (κ1) is 32.2. The maximum absolute atomic E-state index is 12.9. The van der Waals surface area contributed by atoms with E-state index in [1.54, 1.807) is 30.3 Å². The Morgan fingerprint density at radius 1 is 0.756 bits per heavy atom. The third kappa shape index (κ3) is 10.2. The Balaban J connectivity index is 1.44. The van der Waals surface area contributed by atoms with Crippen LogP contribution in [0.1, 0.15) is 96.8 Å². The quantitative estimate of drug-likeness (QED) is 0.155. The predicted octanol–water partition coefficient (Wildman–Crippen LogP) is 7.52. The molecule has 0 radical (unpaired) electrons. The fourth-order valence-electron chi connectivity index (χ4n) is 4.92. The highest BCUT2D eigenvalue weighted by Gasteiger charge is 2.20. The number of para-hydroxylation sites is 1. The van der Waals surface area contributed by atoms with Crippen molar-refractivity contribution >= 4 is 21.7 Å². The van der Waals surface area contributed by atoms with Crippen molar-refractivity contribution in [1.29, 1.82) is 0 Å². The van der Waals surface area contributed by atoms with Gasteiger partial charge in [-0.25, -0.2) is 17.9 Å². The Morgan fingerprint density at radius 2 is 1.27 bits per heavy atom. The summed E-state index contributed by atoms with van der Waals surface area (Å²) in [6.45, 7) is 2.25. The van der Waals surface area contributed by atoms with Crippen LogP contribution in [0.2, 0.25) is 0 Å². The largest absolute Gasteiger partial charge is 0.440 e. The van der Waals surface area contributed by atoms with Crippen LogP contribution in [-0.2, 0) is 9.84 Å². The third-order valence-corrected chi connectivity index (χ3v) is 9.07. The van der Waals surface area contributed by atoms with Gasteiger partial charge >= 0.3 is 6.09 Å². The van der Waals surface area contributed by atoms with E-state index in [2.05, 4.69) is 6.92 Å². The van der Waals surface area contributed by atoms with Crippen LogP contribution in [0.4, 0.5) is 10.6 Å². The lowest BCUT2D eigenvalue weighted by molar-refractivity contribution is 0.197. The summed E-state index contributed by atoms with van der Waals surface area (Å²) in [6, 6.07) is 15.4. The number of anilines is 1. The van der Waals surface area contributed by atoms with Crippen LogP contribution in [0.15, 0.2) is 70.4 Å². The zero-order valence-corrected chi connectivity index (χ0v) is 25.1. The Morgan fingerprint density at radius 3 is 1.80 bits per heavy atom. The van der Waals surface area contributed by atoms with E-state index >= 15 is 0 Å². The van der Waals surface area contributed by atoms with Crippen molar-refractivity contribution in [3.63, 3.8) is 0 Å². The zero-order chi connectivity index (χ0) is 29.5. The topological polar surface area (TPSA) is 113 Å². The average molecular weight is 584 g/mol. The Bertz CT molecular complexity index is 1360. The first-order valence-corrected chi connectivity index (χ1v) is 16.7. The lowest BCUT2D eigenvalue weighted by atomic mass is 10.0. The number of carbonyl (C=O) groups excluding carboxylic acids is 1. The Kier molecular flexibility index (Phi) is 13.2. The van der Waals surface area contributed by atoms with Crippen molar-refractivity contribution in [2.75, 3.05) is 11.5 Å². The van der Waals surface area contributed by atoms with Gasteiger partial charge in [0.15, 0.2) is 9.84 Å². The molecule has 0 atom stereocenters. The second kappa shape index (κ2) is 16.8. The van der Waals surface area contributed by atoms with Gasteiger partial charge in [-0.05, 0) is 42.8 Å². The van der Waals surface area contributed by atoms with E-state index in [1.165, 1.54) is 88.5 Å². The molecule has 0 saturated heterocycles. The molecule has 0 amide bonds. The molecule has 2 N–H and O–H groups in total. The predicted molar refractivity (Wildman–Crippen MR) is 165 cm³/mol. The van der Waals surface area contributed by atoms with Crippen LogP contribution in [0, 0.1) is 0 Å². The molecule has 0 bridgehead atoms. The fourth-order valence-corrected chi connectivity index (χ4v) is 6.29. The number of nitrogen functional groups attached to an aromatic ring is 1. The summed E-state index contributed by atoms with van der Waals surface area (Å²) in [5.74, 6) is 0.289. The van der Waals surface area contributed by atoms with Crippen molar-refractivity contribution in [3.05, 3.63) is 71.0 Å². The lowest BCUT2D eigenvalue weighted by Gasteiger charge is -2.12. The van der Waals surface area contributed by atoms with Gasteiger partial charge < -0.3 is 10.5 Å². The van der Waals surface area contributed by atoms with Gasteiger partial charge in [0.2, 0.25) is 0 Å². The maximum Gasteiger partial charge on any atom is 0.440 e. The van der Waals surface area contributed by atoms with Crippen molar-refractivity contribution in [2.45, 2.75) is 102 Å². The van der Waals surface area contributed by atoms with Gasteiger partial charge in [-0.3, -0.25) is 4.79 Å². The first-order valence-electron chi connectivity index (χ1n) is 15.0. The number of nitrogens with two attached hydrogens (primary N) is 1. The summed E-state index contributed by atoms with van der Waals surface area (Å²) in [6.07, 6.45) is 16.1. The van der Waals surface area contributed by atoms with E-state index in [4.69, 9.17) is 10.5 Å². The number of rotatable bonds is 18. The molecular weight excluding hydrogens is 538 g/mol. The summed E-state index contributed by atoms with van der Waals surface area (Å²) >= 11 is 0. The summed E-state index contributed by atoms with van der Waals surface area (Å²) in [4.78, 5) is 25.6. The molecule has 3 aromatic rings. The van der Waals surface area contributed by atoms with Crippen LogP contribution >= 0.6 is 0 Å². The molecule has 41 heavy (non-hydrogen) atoms. The van der Waals surface area contributed by atoms with Crippen LogP contribution in [-0.4, -0.2) is 29.6 Å². The SMILES string of the molecule is CCCCCCCCCCCCCCCCS(=O)(=O)c1ccc(-n2c(=O)cc(N)n2C(=O)Oc2ccccc2)cc1. The third-order valence-electron chi connectivity index (χ3n) is 7.25. The van der Waals surface area contributed by atoms with Gasteiger partial charge in [-0.15, -0.1) is 0 Å². The zero-order valence-electron chi connectivity index (χ0n) is 24.3. The van der Waals surface area contributed by atoms with E-state index in [-0.39, 0.29) is 16.5 Å². The second-order valence-corrected chi connectivity index (χ2v) is 12.7. The van der Waals surface area contributed by atoms with Gasteiger partial charge in [-0.1, -0.05) is 109 Å².